The van der Waals surface area contributed by atoms with Crippen LogP contribution in [0.25, 0.3) is 0 Å². The summed E-state index contributed by atoms with van der Waals surface area (Å²) in [4.78, 5) is 2.35. The largest absolute Gasteiger partial charge is 0.318 e. The molecule has 0 aromatic heterocycles. The van der Waals surface area contributed by atoms with Gasteiger partial charge in [0.15, 0.2) is 0 Å². The van der Waals surface area contributed by atoms with Crippen molar-refractivity contribution in [2.75, 3.05) is 20.6 Å². The van der Waals surface area contributed by atoms with Crippen LogP contribution >= 0.6 is 11.6 Å². The second-order valence-corrected chi connectivity index (χ2v) is 4.74. The Hall–Kier alpha value is -0.570. The van der Waals surface area contributed by atoms with Crippen molar-refractivity contribution in [3.8, 4) is 0 Å². The molecule has 1 aromatic carbocycles. The maximum absolute atomic E-state index is 6.00. The van der Waals surface area contributed by atoms with Crippen molar-refractivity contribution in [2.45, 2.75) is 25.9 Å². The Morgan fingerprint density at radius 3 is 2.62 bits per heavy atom. The normalized spacial score (nSPS) is 15.1. The quantitative estimate of drug-likeness (QED) is 0.852. The van der Waals surface area contributed by atoms with E-state index in [1.807, 2.05) is 25.2 Å². The lowest BCUT2D eigenvalue weighted by atomic mass is 10.1. The van der Waals surface area contributed by atoms with E-state index in [2.05, 4.69) is 37.2 Å². The predicted molar refractivity (Wildman–Crippen MR) is 71.0 cm³/mol. The van der Waals surface area contributed by atoms with E-state index in [1.165, 1.54) is 5.56 Å². The number of hydrogen-bond donors (Lipinski definition) is 1. The average Bonchev–Trinajstić information content (AvgIpc) is 2.27. The lowest BCUT2D eigenvalue weighted by molar-refractivity contribution is 0.195. The highest BCUT2D eigenvalue weighted by molar-refractivity contribution is 6.30. The van der Waals surface area contributed by atoms with Gasteiger partial charge in [0.25, 0.3) is 0 Å². The summed E-state index contributed by atoms with van der Waals surface area (Å²) in [5.74, 6) is 0. The van der Waals surface area contributed by atoms with Crippen molar-refractivity contribution in [1.82, 2.24) is 10.2 Å². The zero-order valence-corrected chi connectivity index (χ0v) is 11.3. The van der Waals surface area contributed by atoms with E-state index in [4.69, 9.17) is 11.6 Å². The highest BCUT2D eigenvalue weighted by Crippen LogP contribution is 2.23. The van der Waals surface area contributed by atoms with Gasteiger partial charge in [-0.3, -0.25) is 4.90 Å². The Kier molecular flexibility index (Phi) is 5.26. The summed E-state index contributed by atoms with van der Waals surface area (Å²) in [6, 6.07) is 8.95. The third kappa shape index (κ3) is 3.48. The second kappa shape index (κ2) is 6.24. The highest BCUT2D eigenvalue weighted by atomic mass is 35.5. The molecule has 0 amide bonds. The lowest BCUT2D eigenvalue weighted by Crippen LogP contribution is -2.38. The molecule has 1 aromatic rings. The molecule has 0 aliphatic heterocycles. The molecule has 0 heterocycles. The summed E-state index contributed by atoms with van der Waals surface area (Å²) >= 11 is 6.00. The van der Waals surface area contributed by atoms with Gasteiger partial charge < -0.3 is 5.32 Å². The summed E-state index contributed by atoms with van der Waals surface area (Å²) in [6.07, 6.45) is 0. The van der Waals surface area contributed by atoms with Crippen LogP contribution in [0, 0.1) is 0 Å². The Labute approximate surface area is 104 Å². The molecular weight excluding hydrogens is 220 g/mol. The van der Waals surface area contributed by atoms with E-state index in [9.17, 15) is 0 Å². The van der Waals surface area contributed by atoms with Crippen LogP contribution in [-0.2, 0) is 0 Å². The van der Waals surface area contributed by atoms with E-state index in [0.29, 0.717) is 12.1 Å². The fourth-order valence-corrected chi connectivity index (χ4v) is 2.02. The van der Waals surface area contributed by atoms with Gasteiger partial charge in [-0.1, -0.05) is 23.7 Å². The Morgan fingerprint density at radius 1 is 1.38 bits per heavy atom. The zero-order chi connectivity index (χ0) is 12.1. The lowest BCUT2D eigenvalue weighted by Gasteiger charge is -2.31. The van der Waals surface area contributed by atoms with Crippen molar-refractivity contribution in [2.24, 2.45) is 0 Å². The summed E-state index contributed by atoms with van der Waals surface area (Å²) in [5, 5.41) is 4.00. The first-order chi connectivity index (χ1) is 7.56. The van der Waals surface area contributed by atoms with Crippen LogP contribution in [0.4, 0.5) is 0 Å². The molecule has 0 aliphatic carbocycles. The smallest absolute Gasteiger partial charge is 0.0409 e. The van der Waals surface area contributed by atoms with Crippen LogP contribution in [0.2, 0.25) is 5.02 Å². The maximum atomic E-state index is 6.00. The second-order valence-electron chi connectivity index (χ2n) is 4.30. The van der Waals surface area contributed by atoms with Crippen molar-refractivity contribution >= 4 is 11.6 Å². The number of nitrogens with zero attached hydrogens (tertiary/aromatic N) is 1. The summed E-state index contributed by atoms with van der Waals surface area (Å²) in [6.45, 7) is 5.41. The molecule has 1 N–H and O–H groups in total. The molecule has 90 valence electrons. The van der Waals surface area contributed by atoms with E-state index in [0.717, 1.165) is 11.6 Å². The minimum Gasteiger partial charge on any atom is -0.318 e. The third-order valence-corrected chi connectivity index (χ3v) is 3.37. The molecule has 3 heteroatoms. The Balaban J connectivity index is 2.73. The van der Waals surface area contributed by atoms with Crippen LogP contribution in [0.15, 0.2) is 24.3 Å². The van der Waals surface area contributed by atoms with Crippen molar-refractivity contribution in [1.29, 1.82) is 0 Å². The fourth-order valence-electron chi connectivity index (χ4n) is 1.82. The van der Waals surface area contributed by atoms with Crippen LogP contribution in [-0.4, -0.2) is 31.6 Å². The van der Waals surface area contributed by atoms with Crippen molar-refractivity contribution in [3.63, 3.8) is 0 Å². The minimum atomic E-state index is 0.377. The summed E-state index contributed by atoms with van der Waals surface area (Å²) in [5.41, 5.74) is 1.26. The Morgan fingerprint density at radius 2 is 2.06 bits per heavy atom. The van der Waals surface area contributed by atoms with Gasteiger partial charge in [-0.2, -0.15) is 0 Å². The van der Waals surface area contributed by atoms with Crippen LogP contribution in [0.5, 0.6) is 0 Å². The molecular formula is C13H21ClN2. The molecule has 0 aliphatic rings. The van der Waals surface area contributed by atoms with Crippen LogP contribution in [0.3, 0.4) is 0 Å². The number of likely N-dealkylation sites (N-methyl/N-ethyl adjacent to an activating group) is 2. The van der Waals surface area contributed by atoms with Crippen molar-refractivity contribution in [3.05, 3.63) is 34.9 Å². The maximum Gasteiger partial charge on any atom is 0.0409 e. The van der Waals surface area contributed by atoms with Gasteiger partial charge in [-0.05, 0) is 45.6 Å². The highest BCUT2D eigenvalue weighted by Gasteiger charge is 2.16. The molecule has 1 rings (SSSR count). The van der Waals surface area contributed by atoms with Gasteiger partial charge in [0, 0.05) is 23.7 Å². The molecule has 2 atom stereocenters. The number of halogens is 1. The number of rotatable bonds is 5. The Bertz CT molecular complexity index is 327. The van der Waals surface area contributed by atoms with Gasteiger partial charge in [0.2, 0.25) is 0 Å². The SMILES string of the molecule is CNCC(C)N(C)C(C)c1cccc(Cl)c1. The van der Waals surface area contributed by atoms with E-state index < -0.39 is 0 Å². The summed E-state index contributed by atoms with van der Waals surface area (Å²) < 4.78 is 0. The van der Waals surface area contributed by atoms with E-state index >= 15 is 0 Å². The van der Waals surface area contributed by atoms with Gasteiger partial charge in [0.05, 0.1) is 0 Å². The third-order valence-electron chi connectivity index (χ3n) is 3.14. The monoisotopic (exact) mass is 240 g/mol. The molecule has 0 radical (unpaired) electrons. The van der Waals surface area contributed by atoms with E-state index in [-0.39, 0.29) is 0 Å². The molecule has 16 heavy (non-hydrogen) atoms. The average molecular weight is 241 g/mol. The first-order valence-corrected chi connectivity index (χ1v) is 6.06. The summed E-state index contributed by atoms with van der Waals surface area (Å²) in [7, 11) is 4.13. The van der Waals surface area contributed by atoms with Gasteiger partial charge in [-0.25, -0.2) is 0 Å². The molecule has 2 unspecified atom stereocenters. The van der Waals surface area contributed by atoms with Gasteiger partial charge in [0.1, 0.15) is 0 Å². The molecule has 0 fully saturated rings. The first kappa shape index (κ1) is 13.5. The molecule has 0 saturated carbocycles. The number of benzene rings is 1. The van der Waals surface area contributed by atoms with Crippen molar-refractivity contribution < 1.29 is 0 Å². The predicted octanol–water partition coefficient (Wildman–Crippen LogP) is 2.94. The molecule has 0 bridgehead atoms. The fraction of sp³-hybridized carbons (Fsp3) is 0.538. The van der Waals surface area contributed by atoms with Gasteiger partial charge in [-0.15, -0.1) is 0 Å². The molecule has 0 saturated heterocycles. The first-order valence-electron chi connectivity index (χ1n) is 5.68. The number of hydrogen-bond acceptors (Lipinski definition) is 2. The molecule has 2 nitrogen and oxygen atoms in total. The topological polar surface area (TPSA) is 15.3 Å². The van der Waals surface area contributed by atoms with Gasteiger partial charge >= 0.3 is 0 Å². The van der Waals surface area contributed by atoms with Crippen LogP contribution in [0.1, 0.15) is 25.5 Å². The molecule has 0 spiro atoms. The standard InChI is InChI=1S/C13H21ClN2/c1-10(9-15-3)16(4)11(2)12-6-5-7-13(14)8-12/h5-8,10-11,15H,9H2,1-4H3. The number of nitrogens with one attached hydrogen (secondary N) is 1. The minimum absolute atomic E-state index is 0.377. The van der Waals surface area contributed by atoms with E-state index in [1.54, 1.807) is 0 Å². The van der Waals surface area contributed by atoms with Crippen LogP contribution < -0.4 is 5.32 Å². The zero-order valence-electron chi connectivity index (χ0n) is 10.5.